The van der Waals surface area contributed by atoms with Crippen molar-refractivity contribution >= 4 is 11.9 Å². The molecule has 0 bridgehead atoms. The van der Waals surface area contributed by atoms with Crippen LogP contribution in [0.4, 0.5) is 4.79 Å². The lowest BCUT2D eigenvalue weighted by Crippen LogP contribution is -2.49. The first kappa shape index (κ1) is 16.0. The normalized spacial score (nSPS) is 22.4. The molecular formula is C14H25NO4. The first-order chi connectivity index (χ1) is 8.53. The SMILES string of the molecule is CC(=O)CC[C@@H]1COC(C)(C)N1C(=O)OC(C)(C)C. The van der Waals surface area contributed by atoms with Gasteiger partial charge >= 0.3 is 6.09 Å². The second kappa shape index (κ2) is 5.49. The monoisotopic (exact) mass is 271 g/mol. The topological polar surface area (TPSA) is 55.8 Å². The van der Waals surface area contributed by atoms with Crippen molar-refractivity contribution < 1.29 is 19.1 Å². The number of hydrogen-bond donors (Lipinski definition) is 0. The summed E-state index contributed by atoms with van der Waals surface area (Å²) in [6.07, 6.45) is 0.671. The van der Waals surface area contributed by atoms with Gasteiger partial charge in [0.25, 0.3) is 0 Å². The fourth-order valence-corrected chi connectivity index (χ4v) is 2.15. The van der Waals surface area contributed by atoms with Gasteiger partial charge in [0.15, 0.2) is 0 Å². The summed E-state index contributed by atoms with van der Waals surface area (Å²) in [5.74, 6) is 0.119. The Morgan fingerprint density at radius 2 is 1.95 bits per heavy atom. The maximum atomic E-state index is 12.3. The van der Waals surface area contributed by atoms with Crippen LogP contribution in [0.3, 0.4) is 0 Å². The highest BCUT2D eigenvalue weighted by atomic mass is 16.6. The number of ketones is 1. The van der Waals surface area contributed by atoms with Gasteiger partial charge in [0.05, 0.1) is 12.6 Å². The first-order valence-electron chi connectivity index (χ1n) is 6.68. The van der Waals surface area contributed by atoms with Gasteiger partial charge in [0.1, 0.15) is 17.1 Å². The van der Waals surface area contributed by atoms with Gasteiger partial charge in [-0.2, -0.15) is 0 Å². The van der Waals surface area contributed by atoms with Gasteiger partial charge in [-0.05, 0) is 48.0 Å². The van der Waals surface area contributed by atoms with Gasteiger partial charge in [-0.25, -0.2) is 4.79 Å². The van der Waals surface area contributed by atoms with Gasteiger partial charge in [0.2, 0.25) is 0 Å². The molecule has 0 unspecified atom stereocenters. The molecule has 0 N–H and O–H groups in total. The Hall–Kier alpha value is -1.10. The molecule has 1 aliphatic rings. The molecule has 0 radical (unpaired) electrons. The van der Waals surface area contributed by atoms with E-state index in [2.05, 4.69) is 0 Å². The quantitative estimate of drug-likeness (QED) is 0.792. The predicted octanol–water partition coefficient (Wildman–Crippen LogP) is 2.73. The van der Waals surface area contributed by atoms with E-state index >= 15 is 0 Å². The molecule has 1 aliphatic heterocycles. The van der Waals surface area contributed by atoms with E-state index in [0.717, 1.165) is 0 Å². The number of nitrogens with zero attached hydrogens (tertiary/aromatic N) is 1. The van der Waals surface area contributed by atoms with E-state index in [9.17, 15) is 9.59 Å². The minimum Gasteiger partial charge on any atom is -0.444 e. The van der Waals surface area contributed by atoms with Crippen molar-refractivity contribution in [1.29, 1.82) is 0 Å². The Morgan fingerprint density at radius 1 is 1.37 bits per heavy atom. The maximum Gasteiger partial charge on any atom is 0.412 e. The Kier molecular flexibility index (Phi) is 4.61. The van der Waals surface area contributed by atoms with Crippen LogP contribution in [0.5, 0.6) is 0 Å². The number of hydrogen-bond acceptors (Lipinski definition) is 4. The molecule has 1 saturated heterocycles. The number of Topliss-reactive ketones (excluding diaryl/α,β-unsaturated/α-hetero) is 1. The lowest BCUT2D eigenvalue weighted by Gasteiger charge is -2.35. The van der Waals surface area contributed by atoms with E-state index in [1.807, 2.05) is 34.6 Å². The molecule has 5 nitrogen and oxygen atoms in total. The summed E-state index contributed by atoms with van der Waals surface area (Å²) in [6.45, 7) is 11.2. The van der Waals surface area contributed by atoms with Crippen LogP contribution < -0.4 is 0 Å². The van der Waals surface area contributed by atoms with Crippen LogP contribution in [0.1, 0.15) is 54.4 Å². The van der Waals surface area contributed by atoms with Gasteiger partial charge in [-0.1, -0.05) is 0 Å². The van der Waals surface area contributed by atoms with E-state index in [-0.39, 0.29) is 17.9 Å². The summed E-state index contributed by atoms with van der Waals surface area (Å²) in [6, 6.07) is -0.103. The summed E-state index contributed by atoms with van der Waals surface area (Å²) in [7, 11) is 0. The van der Waals surface area contributed by atoms with Crippen LogP contribution in [-0.4, -0.2) is 40.8 Å². The minimum atomic E-state index is -0.691. The van der Waals surface area contributed by atoms with E-state index < -0.39 is 11.3 Å². The Balaban J connectivity index is 2.78. The molecule has 1 rings (SSSR count). The minimum absolute atomic E-state index is 0.103. The Morgan fingerprint density at radius 3 is 2.42 bits per heavy atom. The molecular weight excluding hydrogens is 246 g/mol. The number of carbonyl (C=O) groups excluding carboxylic acids is 2. The van der Waals surface area contributed by atoms with Gasteiger partial charge < -0.3 is 14.3 Å². The third kappa shape index (κ3) is 4.49. The summed E-state index contributed by atoms with van der Waals surface area (Å²) in [4.78, 5) is 25.0. The largest absolute Gasteiger partial charge is 0.444 e. The average molecular weight is 271 g/mol. The molecule has 1 fully saturated rings. The fourth-order valence-electron chi connectivity index (χ4n) is 2.15. The van der Waals surface area contributed by atoms with Crippen molar-refractivity contribution in [2.24, 2.45) is 0 Å². The lowest BCUT2D eigenvalue weighted by atomic mass is 10.1. The number of ether oxygens (including phenoxy) is 2. The van der Waals surface area contributed by atoms with E-state index in [0.29, 0.717) is 19.4 Å². The number of amides is 1. The number of rotatable bonds is 3. The second-order valence-electron chi connectivity index (χ2n) is 6.50. The van der Waals surface area contributed by atoms with Crippen molar-refractivity contribution in [3.63, 3.8) is 0 Å². The maximum absolute atomic E-state index is 12.3. The molecule has 19 heavy (non-hydrogen) atoms. The van der Waals surface area contributed by atoms with Crippen LogP contribution in [0.25, 0.3) is 0 Å². The average Bonchev–Trinajstić information content (AvgIpc) is 2.47. The van der Waals surface area contributed by atoms with E-state index in [1.54, 1.807) is 11.8 Å². The van der Waals surface area contributed by atoms with Gasteiger partial charge in [0, 0.05) is 6.42 Å². The zero-order valence-corrected chi connectivity index (χ0v) is 12.8. The van der Waals surface area contributed by atoms with Crippen molar-refractivity contribution in [3.8, 4) is 0 Å². The molecule has 0 spiro atoms. The zero-order valence-electron chi connectivity index (χ0n) is 12.8. The molecule has 1 heterocycles. The molecule has 0 saturated carbocycles. The summed E-state index contributed by atoms with van der Waals surface area (Å²) < 4.78 is 11.1. The molecule has 0 aromatic carbocycles. The molecule has 1 atom stereocenters. The third-order valence-electron chi connectivity index (χ3n) is 2.99. The van der Waals surface area contributed by atoms with Crippen LogP contribution in [0.15, 0.2) is 0 Å². The molecule has 0 aromatic rings. The van der Waals surface area contributed by atoms with Crippen LogP contribution in [0, 0.1) is 0 Å². The standard InChI is InChI=1S/C14H25NO4/c1-10(16)7-8-11-9-18-14(5,6)15(11)12(17)19-13(2,3)4/h11H,7-9H2,1-6H3/t11-/m1/s1. The third-order valence-corrected chi connectivity index (χ3v) is 2.99. The van der Waals surface area contributed by atoms with Crippen LogP contribution in [0.2, 0.25) is 0 Å². The van der Waals surface area contributed by atoms with Crippen LogP contribution >= 0.6 is 0 Å². The van der Waals surface area contributed by atoms with Crippen molar-refractivity contribution in [1.82, 2.24) is 4.90 Å². The highest BCUT2D eigenvalue weighted by molar-refractivity contribution is 5.75. The predicted molar refractivity (Wildman–Crippen MR) is 71.8 cm³/mol. The second-order valence-corrected chi connectivity index (χ2v) is 6.50. The van der Waals surface area contributed by atoms with E-state index in [1.165, 1.54) is 0 Å². The fraction of sp³-hybridized carbons (Fsp3) is 0.857. The zero-order chi connectivity index (χ0) is 14.8. The van der Waals surface area contributed by atoms with Crippen LogP contribution in [-0.2, 0) is 14.3 Å². The highest BCUT2D eigenvalue weighted by Crippen LogP contribution is 2.31. The summed E-state index contributed by atoms with van der Waals surface area (Å²) >= 11 is 0. The summed E-state index contributed by atoms with van der Waals surface area (Å²) in [5, 5.41) is 0. The van der Waals surface area contributed by atoms with Crippen molar-refractivity contribution in [3.05, 3.63) is 0 Å². The van der Waals surface area contributed by atoms with Gasteiger partial charge in [-0.3, -0.25) is 4.90 Å². The Bertz CT molecular complexity index is 357. The lowest BCUT2D eigenvalue weighted by molar-refractivity contribution is -0.117. The molecule has 110 valence electrons. The molecule has 0 aromatic heterocycles. The van der Waals surface area contributed by atoms with Gasteiger partial charge in [-0.15, -0.1) is 0 Å². The van der Waals surface area contributed by atoms with E-state index in [4.69, 9.17) is 9.47 Å². The first-order valence-corrected chi connectivity index (χ1v) is 6.68. The van der Waals surface area contributed by atoms with Crippen molar-refractivity contribution in [2.75, 3.05) is 6.61 Å². The molecule has 1 amide bonds. The molecule has 5 heteroatoms. The van der Waals surface area contributed by atoms with Crippen molar-refractivity contribution in [2.45, 2.75) is 71.8 Å². The smallest absolute Gasteiger partial charge is 0.412 e. The molecule has 0 aliphatic carbocycles. The summed E-state index contributed by atoms with van der Waals surface area (Å²) in [5.41, 5.74) is -1.23. The highest BCUT2D eigenvalue weighted by Gasteiger charge is 2.45. The number of carbonyl (C=O) groups is 2. The Labute approximate surface area is 115 Å².